The van der Waals surface area contributed by atoms with Gasteiger partial charge in [0.05, 0.1) is 11.3 Å². The molecule has 2 nitrogen and oxygen atoms in total. The average molecular weight is 430 g/mol. The van der Waals surface area contributed by atoms with Crippen molar-refractivity contribution in [3.8, 4) is 0 Å². The van der Waals surface area contributed by atoms with Gasteiger partial charge < -0.3 is 10.4 Å². The summed E-state index contributed by atoms with van der Waals surface area (Å²) in [4.78, 5) is 0. The normalized spacial score (nSPS) is 11.6. The topological polar surface area (TPSA) is 32.3 Å². The number of anilines is 1. The molecule has 5 heteroatoms. The fourth-order valence-corrected chi connectivity index (χ4v) is 4.00. The van der Waals surface area contributed by atoms with Crippen molar-refractivity contribution in [1.29, 1.82) is 0 Å². The van der Waals surface area contributed by atoms with E-state index in [-0.39, 0.29) is 0 Å². The fraction of sp³-hybridized carbons (Fsp3) is 0.500. The largest absolute Gasteiger partial charge is 0.388 e. The van der Waals surface area contributed by atoms with Gasteiger partial charge >= 0.3 is 0 Å². The smallest absolute Gasteiger partial charge is 0.0814 e. The van der Waals surface area contributed by atoms with Crippen LogP contribution in [0.5, 0.6) is 0 Å². The highest BCUT2D eigenvalue weighted by atomic mass is 79.9. The molecule has 17 heavy (non-hydrogen) atoms. The monoisotopic (exact) mass is 427 g/mol. The van der Waals surface area contributed by atoms with Gasteiger partial charge in [-0.25, -0.2) is 0 Å². The third kappa shape index (κ3) is 4.23. The molecule has 0 saturated carbocycles. The van der Waals surface area contributed by atoms with E-state index < -0.39 is 5.60 Å². The molecular formula is C12H16Br3NO. The molecule has 1 aromatic rings. The van der Waals surface area contributed by atoms with E-state index in [0.717, 1.165) is 31.9 Å². The van der Waals surface area contributed by atoms with Crippen LogP contribution in [0.3, 0.4) is 0 Å². The first-order valence-electron chi connectivity index (χ1n) is 5.52. The summed E-state index contributed by atoms with van der Waals surface area (Å²) in [6.45, 7) is 4.53. The van der Waals surface area contributed by atoms with Gasteiger partial charge in [0.2, 0.25) is 0 Å². The lowest BCUT2D eigenvalue weighted by molar-refractivity contribution is 0.0457. The second-order valence-electron chi connectivity index (χ2n) is 4.03. The molecule has 0 aliphatic rings. The highest BCUT2D eigenvalue weighted by Crippen LogP contribution is 2.34. The summed E-state index contributed by atoms with van der Waals surface area (Å²) in [5.74, 6) is 0. The number of hydrogen-bond donors (Lipinski definition) is 2. The molecule has 0 aliphatic heterocycles. The Morgan fingerprint density at radius 3 is 2.00 bits per heavy atom. The maximum atomic E-state index is 10.2. The summed E-state index contributed by atoms with van der Waals surface area (Å²) < 4.78 is 2.93. The lowest BCUT2D eigenvalue weighted by Crippen LogP contribution is -2.35. The van der Waals surface area contributed by atoms with Crippen LogP contribution in [0.4, 0.5) is 5.69 Å². The van der Waals surface area contributed by atoms with E-state index in [1.807, 2.05) is 26.0 Å². The lowest BCUT2D eigenvalue weighted by Gasteiger charge is -2.26. The van der Waals surface area contributed by atoms with Gasteiger partial charge in [-0.15, -0.1) is 0 Å². The van der Waals surface area contributed by atoms with Gasteiger partial charge in [0, 0.05) is 20.0 Å². The Bertz CT molecular complexity index is 368. The molecule has 1 aromatic carbocycles. The van der Waals surface area contributed by atoms with Crippen LogP contribution in [0.1, 0.15) is 26.7 Å². The number of benzene rings is 1. The molecule has 0 spiro atoms. The van der Waals surface area contributed by atoms with E-state index in [0.29, 0.717) is 6.54 Å². The maximum Gasteiger partial charge on any atom is 0.0814 e. The van der Waals surface area contributed by atoms with Gasteiger partial charge in [0.15, 0.2) is 0 Å². The van der Waals surface area contributed by atoms with E-state index in [1.54, 1.807) is 0 Å². The van der Waals surface area contributed by atoms with E-state index >= 15 is 0 Å². The van der Waals surface area contributed by atoms with E-state index in [2.05, 4.69) is 53.1 Å². The second kappa shape index (κ2) is 6.55. The summed E-state index contributed by atoms with van der Waals surface area (Å²) >= 11 is 10.4. The number of nitrogens with one attached hydrogen (secondary N) is 1. The van der Waals surface area contributed by atoms with Gasteiger partial charge in [-0.2, -0.15) is 0 Å². The van der Waals surface area contributed by atoms with Crippen molar-refractivity contribution in [2.45, 2.75) is 32.3 Å². The molecule has 0 fully saturated rings. The Hall–Kier alpha value is 0.420. The number of hydrogen-bond acceptors (Lipinski definition) is 2. The number of aliphatic hydroxyl groups is 1. The van der Waals surface area contributed by atoms with Crippen molar-refractivity contribution < 1.29 is 5.11 Å². The zero-order chi connectivity index (χ0) is 13.1. The summed E-state index contributed by atoms with van der Waals surface area (Å²) in [7, 11) is 0. The third-order valence-corrected chi connectivity index (χ3v) is 4.63. The molecule has 0 amide bonds. The first-order chi connectivity index (χ1) is 7.91. The van der Waals surface area contributed by atoms with Crippen LogP contribution in [0.25, 0.3) is 0 Å². The minimum Gasteiger partial charge on any atom is -0.388 e. The van der Waals surface area contributed by atoms with E-state index in [1.165, 1.54) is 0 Å². The van der Waals surface area contributed by atoms with Gasteiger partial charge in [-0.05, 0) is 56.8 Å². The standard InChI is InChI=1S/C12H16Br3NO/c1-3-12(17,4-2)7-16-11-9(14)5-8(13)6-10(11)15/h5-6,16-17H,3-4,7H2,1-2H3. The lowest BCUT2D eigenvalue weighted by atomic mass is 9.97. The Labute approximate surface area is 128 Å². The van der Waals surface area contributed by atoms with Crippen LogP contribution in [0.15, 0.2) is 25.6 Å². The van der Waals surface area contributed by atoms with Crippen molar-refractivity contribution in [1.82, 2.24) is 0 Å². The first-order valence-corrected chi connectivity index (χ1v) is 7.90. The Morgan fingerprint density at radius 2 is 1.59 bits per heavy atom. The van der Waals surface area contributed by atoms with Gasteiger partial charge in [0.25, 0.3) is 0 Å². The van der Waals surface area contributed by atoms with Crippen molar-refractivity contribution in [3.05, 3.63) is 25.6 Å². The minimum atomic E-state index is -0.647. The van der Waals surface area contributed by atoms with Gasteiger partial charge in [0.1, 0.15) is 0 Å². The van der Waals surface area contributed by atoms with Crippen molar-refractivity contribution in [3.63, 3.8) is 0 Å². The van der Waals surface area contributed by atoms with Crippen LogP contribution >= 0.6 is 47.8 Å². The molecule has 0 heterocycles. The summed E-state index contributed by atoms with van der Waals surface area (Å²) in [5, 5.41) is 13.5. The van der Waals surface area contributed by atoms with Crippen LogP contribution in [0, 0.1) is 0 Å². The van der Waals surface area contributed by atoms with Crippen molar-refractivity contribution in [2.24, 2.45) is 0 Å². The third-order valence-electron chi connectivity index (χ3n) is 2.92. The van der Waals surface area contributed by atoms with Crippen LogP contribution in [-0.2, 0) is 0 Å². The van der Waals surface area contributed by atoms with Crippen LogP contribution in [0.2, 0.25) is 0 Å². The van der Waals surface area contributed by atoms with E-state index in [4.69, 9.17) is 0 Å². The summed E-state index contributed by atoms with van der Waals surface area (Å²) in [6.07, 6.45) is 1.48. The Balaban J connectivity index is 2.83. The molecule has 0 unspecified atom stereocenters. The average Bonchev–Trinajstić information content (AvgIpc) is 2.27. The number of rotatable bonds is 5. The molecule has 0 aliphatic carbocycles. The van der Waals surface area contributed by atoms with Crippen LogP contribution in [-0.4, -0.2) is 17.3 Å². The highest BCUT2D eigenvalue weighted by molar-refractivity contribution is 9.11. The maximum absolute atomic E-state index is 10.2. The minimum absolute atomic E-state index is 0.541. The molecule has 1 rings (SSSR count). The molecule has 2 N–H and O–H groups in total. The SMILES string of the molecule is CCC(O)(CC)CNc1c(Br)cc(Br)cc1Br. The predicted molar refractivity (Wildman–Crippen MR) is 83.6 cm³/mol. The van der Waals surface area contributed by atoms with E-state index in [9.17, 15) is 5.11 Å². The van der Waals surface area contributed by atoms with Crippen molar-refractivity contribution >= 4 is 53.5 Å². The Kier molecular flexibility index (Phi) is 5.96. The quantitative estimate of drug-likeness (QED) is 0.695. The first kappa shape index (κ1) is 15.5. The van der Waals surface area contributed by atoms with Crippen LogP contribution < -0.4 is 5.32 Å². The molecule has 0 saturated heterocycles. The van der Waals surface area contributed by atoms with Gasteiger partial charge in [-0.1, -0.05) is 29.8 Å². The fourth-order valence-electron chi connectivity index (χ4n) is 1.46. The molecule has 0 aromatic heterocycles. The van der Waals surface area contributed by atoms with Gasteiger partial charge in [-0.3, -0.25) is 0 Å². The summed E-state index contributed by atoms with van der Waals surface area (Å²) in [5.41, 5.74) is 0.319. The predicted octanol–water partition coefficient (Wildman–Crippen LogP) is 4.94. The molecule has 96 valence electrons. The second-order valence-corrected chi connectivity index (χ2v) is 6.65. The zero-order valence-electron chi connectivity index (χ0n) is 9.86. The zero-order valence-corrected chi connectivity index (χ0v) is 14.6. The van der Waals surface area contributed by atoms with Crippen molar-refractivity contribution in [2.75, 3.05) is 11.9 Å². The highest BCUT2D eigenvalue weighted by Gasteiger charge is 2.22. The molecule has 0 atom stereocenters. The Morgan fingerprint density at radius 1 is 1.12 bits per heavy atom. The number of halogens is 3. The molecule has 0 radical (unpaired) electrons. The summed E-state index contributed by atoms with van der Waals surface area (Å²) in [6, 6.07) is 3.95. The molecular weight excluding hydrogens is 414 g/mol. The molecule has 0 bridgehead atoms.